The molecule has 124 valence electrons. The molecule has 3 aromatic rings. The highest BCUT2D eigenvalue weighted by molar-refractivity contribution is 5.84. The molecule has 3 rings (SSSR count). The van der Waals surface area contributed by atoms with Crippen LogP contribution in [0.25, 0.3) is 10.9 Å². The molecule has 0 saturated carbocycles. The molecular weight excluding hydrogens is 306 g/mol. The predicted molar refractivity (Wildman–Crippen MR) is 89.3 cm³/mol. The van der Waals surface area contributed by atoms with Crippen molar-refractivity contribution in [3.8, 4) is 5.75 Å². The fourth-order valence-electron chi connectivity index (χ4n) is 2.43. The van der Waals surface area contributed by atoms with E-state index >= 15 is 0 Å². The van der Waals surface area contributed by atoms with E-state index in [4.69, 9.17) is 0 Å². The Bertz CT molecular complexity index is 874. The number of aromatic hydroxyl groups is 1. The number of carbonyl (C=O) groups is 1. The third kappa shape index (κ3) is 3.34. The van der Waals surface area contributed by atoms with E-state index in [-0.39, 0.29) is 18.2 Å². The number of rotatable bonds is 5. The molecule has 2 aromatic heterocycles. The number of fused-ring (bicyclic) bond motifs is 1. The molecule has 1 N–H and O–H groups in total. The molecule has 1 aromatic carbocycles. The van der Waals surface area contributed by atoms with Crippen LogP contribution in [-0.2, 0) is 24.3 Å². The first-order valence-corrected chi connectivity index (χ1v) is 7.77. The van der Waals surface area contributed by atoms with Crippen LogP contribution in [0, 0.1) is 0 Å². The first-order chi connectivity index (χ1) is 11.6. The number of hydrogen-bond acceptors (Lipinski definition) is 5. The second-order valence-electron chi connectivity index (χ2n) is 5.66. The van der Waals surface area contributed by atoms with E-state index in [1.807, 2.05) is 25.1 Å². The van der Waals surface area contributed by atoms with E-state index in [0.717, 1.165) is 17.5 Å². The summed E-state index contributed by atoms with van der Waals surface area (Å²) in [5.41, 5.74) is 2.12. The van der Waals surface area contributed by atoms with E-state index in [1.54, 1.807) is 30.3 Å². The number of carbonyl (C=O) groups excluding carboxylic acids is 1. The molecule has 0 aliphatic heterocycles. The highest BCUT2D eigenvalue weighted by Gasteiger charge is 2.13. The van der Waals surface area contributed by atoms with Crippen LogP contribution in [0.1, 0.15) is 18.3 Å². The Hall–Kier alpha value is -2.96. The number of aromatic nitrogens is 4. The third-order valence-electron chi connectivity index (χ3n) is 3.83. The van der Waals surface area contributed by atoms with E-state index in [2.05, 4.69) is 15.3 Å². The smallest absolute Gasteiger partial charge is 0.244 e. The van der Waals surface area contributed by atoms with Gasteiger partial charge in [-0.3, -0.25) is 4.79 Å². The topological polar surface area (TPSA) is 84.1 Å². The minimum atomic E-state index is -0.0817. The molecule has 0 aliphatic rings. The Balaban J connectivity index is 1.70. The molecule has 1 amide bonds. The lowest BCUT2D eigenvalue weighted by Gasteiger charge is -2.17. The van der Waals surface area contributed by atoms with Crippen LogP contribution in [0.2, 0.25) is 0 Å². The van der Waals surface area contributed by atoms with Gasteiger partial charge in [0.05, 0.1) is 17.9 Å². The van der Waals surface area contributed by atoms with Crippen LogP contribution in [0.4, 0.5) is 0 Å². The lowest BCUT2D eigenvalue weighted by molar-refractivity contribution is -0.131. The second-order valence-corrected chi connectivity index (χ2v) is 5.66. The van der Waals surface area contributed by atoms with Crippen LogP contribution in [0.3, 0.4) is 0 Å². The molecule has 0 spiro atoms. The number of benzene rings is 1. The van der Waals surface area contributed by atoms with E-state index in [0.29, 0.717) is 17.8 Å². The van der Waals surface area contributed by atoms with Crippen LogP contribution < -0.4 is 0 Å². The zero-order valence-corrected chi connectivity index (χ0v) is 13.7. The average Bonchev–Trinajstić information content (AvgIpc) is 3.03. The number of nitrogens with zero attached hydrogens (tertiary/aromatic N) is 5. The summed E-state index contributed by atoms with van der Waals surface area (Å²) in [4.78, 5) is 18.3. The van der Waals surface area contributed by atoms with Crippen molar-refractivity contribution in [2.45, 2.75) is 26.4 Å². The van der Waals surface area contributed by atoms with Crippen molar-refractivity contribution in [3.05, 3.63) is 47.9 Å². The number of hydrogen-bond donors (Lipinski definition) is 1. The van der Waals surface area contributed by atoms with E-state index in [9.17, 15) is 9.90 Å². The summed E-state index contributed by atoms with van der Waals surface area (Å²) in [6, 6.07) is 9.01. The number of aryl methyl sites for hydroxylation is 1. The maximum Gasteiger partial charge on any atom is 0.244 e. The summed E-state index contributed by atoms with van der Waals surface area (Å²) in [7, 11) is 1.72. The normalized spacial score (nSPS) is 10.9. The quantitative estimate of drug-likeness (QED) is 0.772. The van der Waals surface area contributed by atoms with Crippen molar-refractivity contribution in [2.75, 3.05) is 7.05 Å². The van der Waals surface area contributed by atoms with Crippen LogP contribution in [-0.4, -0.2) is 42.9 Å². The molecule has 0 atom stereocenters. The van der Waals surface area contributed by atoms with Gasteiger partial charge in [-0.1, -0.05) is 30.3 Å². The Labute approximate surface area is 139 Å². The van der Waals surface area contributed by atoms with E-state index < -0.39 is 0 Å². The maximum absolute atomic E-state index is 12.3. The predicted octanol–water partition coefficient (Wildman–Crippen LogP) is 1.75. The zero-order valence-electron chi connectivity index (χ0n) is 13.7. The lowest BCUT2D eigenvalue weighted by atomic mass is 10.2. The van der Waals surface area contributed by atoms with Gasteiger partial charge >= 0.3 is 0 Å². The second kappa shape index (κ2) is 6.66. The van der Waals surface area contributed by atoms with Gasteiger partial charge in [0.15, 0.2) is 0 Å². The van der Waals surface area contributed by atoms with Gasteiger partial charge < -0.3 is 10.0 Å². The largest absolute Gasteiger partial charge is 0.506 e. The number of likely N-dealkylation sites (N-methyl/N-ethyl adjacent to an activating group) is 1. The SMILES string of the molecule is CCc1cn(CC(=O)N(C)Cc2ccc3cccc(O)c3n2)nn1. The van der Waals surface area contributed by atoms with Crippen molar-refractivity contribution < 1.29 is 9.90 Å². The fourth-order valence-corrected chi connectivity index (χ4v) is 2.43. The van der Waals surface area contributed by atoms with Gasteiger partial charge in [0.1, 0.15) is 17.8 Å². The molecule has 7 nitrogen and oxygen atoms in total. The molecule has 24 heavy (non-hydrogen) atoms. The molecular formula is C17H19N5O2. The number of pyridine rings is 1. The molecule has 0 radical (unpaired) electrons. The maximum atomic E-state index is 12.3. The van der Waals surface area contributed by atoms with Gasteiger partial charge in [-0.15, -0.1) is 5.10 Å². The van der Waals surface area contributed by atoms with Gasteiger partial charge in [0, 0.05) is 18.6 Å². The number of amides is 1. The number of phenols is 1. The summed E-state index contributed by atoms with van der Waals surface area (Å²) in [6.07, 6.45) is 2.56. The molecule has 0 saturated heterocycles. The monoisotopic (exact) mass is 325 g/mol. The van der Waals surface area contributed by atoms with Gasteiger partial charge in [-0.2, -0.15) is 0 Å². The van der Waals surface area contributed by atoms with Crippen molar-refractivity contribution in [3.63, 3.8) is 0 Å². The standard InChI is InChI=1S/C17H19N5O2/c1-3-13-10-22(20-19-13)11-16(24)21(2)9-14-8-7-12-5-4-6-15(23)17(12)18-14/h4-8,10,23H,3,9,11H2,1-2H3. The van der Waals surface area contributed by atoms with Crippen molar-refractivity contribution in [2.24, 2.45) is 0 Å². The summed E-state index contributed by atoms with van der Waals surface area (Å²) < 4.78 is 1.54. The third-order valence-corrected chi connectivity index (χ3v) is 3.83. The van der Waals surface area contributed by atoms with Gasteiger partial charge in [-0.05, 0) is 18.6 Å². The van der Waals surface area contributed by atoms with Gasteiger partial charge in [0.2, 0.25) is 5.91 Å². The number of para-hydroxylation sites is 1. The van der Waals surface area contributed by atoms with Crippen molar-refractivity contribution in [1.29, 1.82) is 0 Å². The first-order valence-electron chi connectivity index (χ1n) is 7.77. The van der Waals surface area contributed by atoms with Crippen molar-refractivity contribution in [1.82, 2.24) is 24.9 Å². The fraction of sp³-hybridized carbons (Fsp3) is 0.294. The summed E-state index contributed by atoms with van der Waals surface area (Å²) >= 11 is 0. The summed E-state index contributed by atoms with van der Waals surface area (Å²) in [5.74, 6) is 0.0553. The molecule has 0 aliphatic carbocycles. The Morgan fingerprint density at radius 2 is 2.08 bits per heavy atom. The van der Waals surface area contributed by atoms with E-state index in [1.165, 1.54) is 4.68 Å². The molecule has 2 heterocycles. The molecule has 0 unspecified atom stereocenters. The van der Waals surface area contributed by atoms with Gasteiger partial charge in [0.25, 0.3) is 0 Å². The minimum Gasteiger partial charge on any atom is -0.506 e. The Morgan fingerprint density at radius 1 is 1.25 bits per heavy atom. The molecule has 7 heteroatoms. The lowest BCUT2D eigenvalue weighted by Crippen LogP contribution is -2.30. The van der Waals surface area contributed by atoms with Crippen molar-refractivity contribution >= 4 is 16.8 Å². The summed E-state index contributed by atoms with van der Waals surface area (Å²) in [5, 5.41) is 18.7. The molecule has 0 fully saturated rings. The van der Waals surface area contributed by atoms with Crippen LogP contribution in [0.5, 0.6) is 5.75 Å². The Kier molecular flexibility index (Phi) is 4.41. The summed E-state index contributed by atoms with van der Waals surface area (Å²) in [6.45, 7) is 2.49. The van der Waals surface area contributed by atoms with Gasteiger partial charge in [-0.25, -0.2) is 9.67 Å². The number of phenolic OH excluding ortho intramolecular Hbond substituents is 1. The Morgan fingerprint density at radius 3 is 2.83 bits per heavy atom. The minimum absolute atomic E-state index is 0.0817. The average molecular weight is 325 g/mol. The molecule has 0 bridgehead atoms. The highest BCUT2D eigenvalue weighted by atomic mass is 16.3. The first kappa shape index (κ1) is 15.9. The highest BCUT2D eigenvalue weighted by Crippen LogP contribution is 2.22. The van der Waals surface area contributed by atoms with Crippen LogP contribution in [0.15, 0.2) is 36.5 Å². The van der Waals surface area contributed by atoms with Crippen LogP contribution >= 0.6 is 0 Å². The zero-order chi connectivity index (χ0) is 17.1.